The number of esters is 1. The molecule has 0 aromatic carbocycles. The number of aliphatic hydroxyl groups excluding tert-OH is 3. The molecule has 7 nitrogen and oxygen atoms in total. The van der Waals surface area contributed by atoms with Crippen molar-refractivity contribution < 1.29 is 34.3 Å². The molecule has 7 heteroatoms. The summed E-state index contributed by atoms with van der Waals surface area (Å²) in [4.78, 5) is 12.2. The van der Waals surface area contributed by atoms with E-state index in [2.05, 4.69) is 6.92 Å². The van der Waals surface area contributed by atoms with E-state index in [1.807, 2.05) is 0 Å². The summed E-state index contributed by atoms with van der Waals surface area (Å²) in [5, 5.41) is 28.9. The standard InChI is InChI=1S/C25H48O7/c1-2-3-4-5-6-7-8-9-10-11-12-13-14-15-16-17-22(28)32-24(23(29)21(27)20-26)25-30-18-19-31-25/h21,23-27,29H,2-20H2,1H3/t21-,23+,24-/m1/s1. The first-order valence-electron chi connectivity index (χ1n) is 13.0. The van der Waals surface area contributed by atoms with Crippen molar-refractivity contribution in [3.8, 4) is 0 Å². The van der Waals surface area contributed by atoms with Gasteiger partial charge in [0.05, 0.1) is 19.8 Å². The average molecular weight is 461 g/mol. The van der Waals surface area contributed by atoms with Crippen molar-refractivity contribution in [3.63, 3.8) is 0 Å². The molecule has 1 aliphatic rings. The molecule has 0 aliphatic carbocycles. The van der Waals surface area contributed by atoms with Crippen LogP contribution in [0.5, 0.6) is 0 Å². The van der Waals surface area contributed by atoms with E-state index in [1.54, 1.807) is 0 Å². The van der Waals surface area contributed by atoms with Crippen LogP contribution in [0.1, 0.15) is 110 Å². The minimum absolute atomic E-state index is 0.253. The van der Waals surface area contributed by atoms with Crippen LogP contribution in [0.15, 0.2) is 0 Å². The average Bonchev–Trinajstić information content (AvgIpc) is 3.33. The lowest BCUT2D eigenvalue weighted by atomic mass is 10.0. The number of rotatable bonds is 21. The predicted octanol–water partition coefficient (Wildman–Crippen LogP) is 4.25. The second kappa shape index (κ2) is 19.7. The van der Waals surface area contributed by atoms with Gasteiger partial charge in [0.2, 0.25) is 0 Å². The highest BCUT2D eigenvalue weighted by Gasteiger charge is 2.39. The fourth-order valence-electron chi connectivity index (χ4n) is 4.03. The molecule has 1 rings (SSSR count). The Kier molecular flexibility index (Phi) is 18.1. The second-order valence-corrected chi connectivity index (χ2v) is 9.00. The number of ether oxygens (including phenoxy) is 3. The molecular weight excluding hydrogens is 412 g/mol. The quantitative estimate of drug-likeness (QED) is 0.174. The number of carbonyl (C=O) groups is 1. The first-order chi connectivity index (χ1) is 15.6. The maximum atomic E-state index is 12.2. The Hall–Kier alpha value is -0.730. The van der Waals surface area contributed by atoms with Gasteiger partial charge in [-0.05, 0) is 6.42 Å². The summed E-state index contributed by atoms with van der Waals surface area (Å²) in [6.45, 7) is 2.29. The van der Waals surface area contributed by atoms with Gasteiger partial charge in [0.1, 0.15) is 12.2 Å². The molecule has 1 saturated heterocycles. The molecule has 3 atom stereocenters. The van der Waals surface area contributed by atoms with Gasteiger partial charge >= 0.3 is 5.97 Å². The number of aliphatic hydroxyl groups is 3. The van der Waals surface area contributed by atoms with E-state index in [4.69, 9.17) is 19.3 Å². The van der Waals surface area contributed by atoms with Crippen molar-refractivity contribution in [2.45, 2.75) is 134 Å². The third-order valence-corrected chi connectivity index (χ3v) is 6.09. The molecule has 1 fully saturated rings. The van der Waals surface area contributed by atoms with Gasteiger partial charge in [-0.2, -0.15) is 0 Å². The predicted molar refractivity (Wildman–Crippen MR) is 124 cm³/mol. The summed E-state index contributed by atoms with van der Waals surface area (Å²) in [6, 6.07) is 0. The monoisotopic (exact) mass is 460 g/mol. The topological polar surface area (TPSA) is 105 Å². The zero-order valence-electron chi connectivity index (χ0n) is 20.2. The van der Waals surface area contributed by atoms with Gasteiger partial charge in [-0.15, -0.1) is 0 Å². The summed E-state index contributed by atoms with van der Waals surface area (Å²) < 4.78 is 15.9. The van der Waals surface area contributed by atoms with Gasteiger partial charge in [0.15, 0.2) is 12.4 Å². The Morgan fingerprint density at radius 2 is 1.25 bits per heavy atom. The van der Waals surface area contributed by atoms with Crippen LogP contribution in [-0.4, -0.2) is 65.7 Å². The van der Waals surface area contributed by atoms with Crippen molar-refractivity contribution in [3.05, 3.63) is 0 Å². The molecule has 0 bridgehead atoms. The maximum Gasteiger partial charge on any atom is 0.306 e. The highest BCUT2D eigenvalue weighted by Crippen LogP contribution is 2.19. The molecule has 0 radical (unpaired) electrons. The molecule has 0 unspecified atom stereocenters. The van der Waals surface area contributed by atoms with Gasteiger partial charge in [-0.25, -0.2) is 0 Å². The van der Waals surface area contributed by atoms with Gasteiger partial charge in [-0.3, -0.25) is 4.79 Å². The van der Waals surface area contributed by atoms with E-state index in [0.717, 1.165) is 19.3 Å². The lowest BCUT2D eigenvalue weighted by Gasteiger charge is -2.29. The van der Waals surface area contributed by atoms with E-state index >= 15 is 0 Å². The van der Waals surface area contributed by atoms with E-state index in [9.17, 15) is 15.0 Å². The van der Waals surface area contributed by atoms with Gasteiger partial charge in [0.25, 0.3) is 0 Å². The summed E-state index contributed by atoms with van der Waals surface area (Å²) in [7, 11) is 0. The van der Waals surface area contributed by atoms with Gasteiger partial charge < -0.3 is 29.5 Å². The molecule has 0 saturated carbocycles. The van der Waals surface area contributed by atoms with Crippen LogP contribution in [-0.2, 0) is 19.0 Å². The molecule has 3 N–H and O–H groups in total. The molecule has 0 aromatic rings. The fraction of sp³-hybridized carbons (Fsp3) is 0.960. The summed E-state index contributed by atoms with van der Waals surface area (Å²) in [5.74, 6) is -0.451. The molecule has 1 heterocycles. The smallest absolute Gasteiger partial charge is 0.306 e. The van der Waals surface area contributed by atoms with Gasteiger partial charge in [0, 0.05) is 6.42 Å². The van der Waals surface area contributed by atoms with Crippen LogP contribution in [0.3, 0.4) is 0 Å². The van der Waals surface area contributed by atoms with Crippen molar-refractivity contribution in [2.75, 3.05) is 19.8 Å². The lowest BCUT2D eigenvalue weighted by molar-refractivity contribution is -0.204. The van der Waals surface area contributed by atoms with Crippen molar-refractivity contribution >= 4 is 5.97 Å². The molecule has 0 aromatic heterocycles. The highest BCUT2D eigenvalue weighted by atomic mass is 16.7. The minimum atomic E-state index is -1.46. The maximum absolute atomic E-state index is 12.2. The Morgan fingerprint density at radius 3 is 1.69 bits per heavy atom. The number of hydrogen-bond acceptors (Lipinski definition) is 7. The Bertz CT molecular complexity index is 440. The van der Waals surface area contributed by atoms with E-state index in [-0.39, 0.29) is 6.42 Å². The van der Waals surface area contributed by atoms with Crippen LogP contribution in [0.4, 0.5) is 0 Å². The van der Waals surface area contributed by atoms with Crippen LogP contribution in [0.25, 0.3) is 0 Å². The van der Waals surface area contributed by atoms with Crippen LogP contribution >= 0.6 is 0 Å². The van der Waals surface area contributed by atoms with Crippen molar-refractivity contribution in [2.24, 2.45) is 0 Å². The van der Waals surface area contributed by atoms with Gasteiger partial charge in [-0.1, -0.05) is 96.8 Å². The van der Waals surface area contributed by atoms with Crippen LogP contribution in [0, 0.1) is 0 Å². The fourth-order valence-corrected chi connectivity index (χ4v) is 4.03. The summed E-state index contributed by atoms with van der Waals surface area (Å²) >= 11 is 0. The highest BCUT2D eigenvalue weighted by molar-refractivity contribution is 5.69. The SMILES string of the molecule is CCCCCCCCCCCCCCCCCC(=O)O[C@@H](C1OCCO1)[C@@H](O)[C@H](O)CO. The Balaban J connectivity index is 2.01. The molecule has 190 valence electrons. The zero-order valence-corrected chi connectivity index (χ0v) is 20.2. The molecule has 0 amide bonds. The third-order valence-electron chi connectivity index (χ3n) is 6.09. The summed E-state index contributed by atoms with van der Waals surface area (Å²) in [6.07, 6.45) is 14.2. The largest absolute Gasteiger partial charge is 0.454 e. The molecule has 1 aliphatic heterocycles. The lowest BCUT2D eigenvalue weighted by Crippen LogP contribution is -2.48. The third kappa shape index (κ3) is 13.7. The summed E-state index contributed by atoms with van der Waals surface area (Å²) in [5.41, 5.74) is 0. The minimum Gasteiger partial charge on any atom is -0.454 e. The first-order valence-corrected chi connectivity index (χ1v) is 13.0. The number of unbranched alkanes of at least 4 members (excludes halogenated alkanes) is 14. The van der Waals surface area contributed by atoms with E-state index in [1.165, 1.54) is 77.0 Å². The first kappa shape index (κ1) is 29.3. The molecule has 0 spiro atoms. The van der Waals surface area contributed by atoms with Crippen LogP contribution in [0.2, 0.25) is 0 Å². The van der Waals surface area contributed by atoms with Crippen molar-refractivity contribution in [1.82, 2.24) is 0 Å². The molecule has 32 heavy (non-hydrogen) atoms. The normalized spacial score (nSPS) is 17.4. The number of hydrogen-bond donors (Lipinski definition) is 3. The number of carbonyl (C=O) groups excluding carboxylic acids is 1. The Labute approximate surface area is 194 Å². The Morgan fingerprint density at radius 1 is 0.812 bits per heavy atom. The van der Waals surface area contributed by atoms with Crippen molar-refractivity contribution in [1.29, 1.82) is 0 Å². The van der Waals surface area contributed by atoms with E-state index in [0.29, 0.717) is 13.2 Å². The zero-order chi connectivity index (χ0) is 23.4. The second-order valence-electron chi connectivity index (χ2n) is 9.00. The van der Waals surface area contributed by atoms with E-state index < -0.39 is 37.2 Å². The molecular formula is C25H48O7. The van der Waals surface area contributed by atoms with Crippen LogP contribution < -0.4 is 0 Å².